The predicted octanol–water partition coefficient (Wildman–Crippen LogP) is 9.28. The molecular formula is C28H54O2. The maximum atomic E-state index is 8.61. The third-order valence-corrected chi connectivity index (χ3v) is 9.74. The minimum absolute atomic E-state index is 0.244. The second-order valence-electron chi connectivity index (χ2n) is 13.6. The average molecular weight is 423 g/mol. The molecule has 3 aliphatic rings. The first-order valence-corrected chi connectivity index (χ1v) is 13.2. The van der Waals surface area contributed by atoms with E-state index in [1.165, 1.54) is 70.6 Å². The molecule has 1 N–H and O–H groups in total. The van der Waals surface area contributed by atoms with Gasteiger partial charge in [0.1, 0.15) is 5.60 Å². The molecule has 0 unspecified atom stereocenters. The van der Waals surface area contributed by atoms with Crippen LogP contribution in [0.15, 0.2) is 0 Å². The van der Waals surface area contributed by atoms with Crippen molar-refractivity contribution in [2.45, 2.75) is 144 Å². The van der Waals surface area contributed by atoms with E-state index in [1.807, 2.05) is 6.92 Å². The van der Waals surface area contributed by atoms with Crippen LogP contribution in [0.1, 0.15) is 139 Å². The Balaban J connectivity index is 0.000000248. The van der Waals surface area contributed by atoms with Gasteiger partial charge in [-0.3, -0.25) is 5.26 Å². The Hall–Kier alpha value is -0.0800. The molecule has 30 heavy (non-hydrogen) atoms. The first-order chi connectivity index (χ1) is 13.8. The van der Waals surface area contributed by atoms with Gasteiger partial charge in [0, 0.05) is 0 Å². The summed E-state index contributed by atoms with van der Waals surface area (Å²) in [5.74, 6) is 2.82. The Kier molecular flexibility index (Phi) is 8.93. The van der Waals surface area contributed by atoms with E-state index in [1.54, 1.807) is 0 Å². The van der Waals surface area contributed by atoms with Gasteiger partial charge in [-0.2, -0.15) is 0 Å². The Bertz CT molecular complexity index is 461. The second-order valence-corrected chi connectivity index (χ2v) is 13.6. The van der Waals surface area contributed by atoms with Crippen LogP contribution in [0, 0.1) is 34.0 Å². The van der Waals surface area contributed by atoms with Crippen LogP contribution in [-0.2, 0) is 4.89 Å². The summed E-state index contributed by atoms with van der Waals surface area (Å²) in [7, 11) is 0. The zero-order valence-electron chi connectivity index (χ0n) is 21.8. The van der Waals surface area contributed by atoms with Crippen molar-refractivity contribution in [1.29, 1.82) is 0 Å². The summed E-state index contributed by atoms with van der Waals surface area (Å²) < 4.78 is 0. The maximum Gasteiger partial charge on any atom is 0.101 e. The van der Waals surface area contributed by atoms with Crippen LogP contribution < -0.4 is 0 Å². The van der Waals surface area contributed by atoms with Gasteiger partial charge in [-0.15, -0.1) is 0 Å². The third kappa shape index (κ3) is 7.22. The molecule has 178 valence electrons. The highest BCUT2D eigenvalue weighted by molar-refractivity contribution is 4.93. The van der Waals surface area contributed by atoms with E-state index in [2.05, 4.69) is 53.4 Å². The lowest BCUT2D eigenvalue weighted by atomic mass is 9.56. The molecule has 0 aliphatic heterocycles. The number of hydrogen-bond donors (Lipinski definition) is 1. The number of rotatable bonds is 4. The maximum absolute atomic E-state index is 8.61. The van der Waals surface area contributed by atoms with Crippen LogP contribution in [0.3, 0.4) is 0 Å². The lowest BCUT2D eigenvalue weighted by Crippen LogP contribution is -2.39. The second kappa shape index (κ2) is 10.2. The smallest absolute Gasteiger partial charge is 0.101 e. The summed E-state index contributed by atoms with van der Waals surface area (Å²) in [6.45, 7) is 19.2. The van der Waals surface area contributed by atoms with Crippen LogP contribution >= 0.6 is 0 Å². The largest absolute Gasteiger partial charge is 0.251 e. The van der Waals surface area contributed by atoms with Crippen molar-refractivity contribution >= 4 is 0 Å². The SMILES string of the molecule is CC1(C)CCC(C(C)(C)C2CCC(C)(C)CC2)CC1.CCC1CCC(C)(OO)CC1. The highest BCUT2D eigenvalue weighted by atomic mass is 17.1. The van der Waals surface area contributed by atoms with E-state index < -0.39 is 0 Å². The highest BCUT2D eigenvalue weighted by Crippen LogP contribution is 2.53. The van der Waals surface area contributed by atoms with Crippen LogP contribution in [0.4, 0.5) is 0 Å². The molecule has 0 bridgehead atoms. The highest BCUT2D eigenvalue weighted by Gasteiger charge is 2.42. The molecule has 0 radical (unpaired) electrons. The molecule has 3 fully saturated rings. The van der Waals surface area contributed by atoms with Crippen LogP contribution in [0.2, 0.25) is 0 Å². The van der Waals surface area contributed by atoms with Crippen LogP contribution in [0.5, 0.6) is 0 Å². The molecule has 0 heterocycles. The van der Waals surface area contributed by atoms with Crippen molar-refractivity contribution in [1.82, 2.24) is 0 Å². The molecule has 0 spiro atoms. The van der Waals surface area contributed by atoms with Crippen molar-refractivity contribution in [2.75, 3.05) is 0 Å². The van der Waals surface area contributed by atoms with Crippen molar-refractivity contribution in [3.8, 4) is 0 Å². The van der Waals surface area contributed by atoms with Crippen molar-refractivity contribution in [3.05, 3.63) is 0 Å². The standard InChI is InChI=1S/C19H36.C9H18O2/c1-17(2)11-7-15(8-12-17)19(5,6)16-9-13-18(3,4)14-10-16;1-3-8-4-6-9(2,11-10)7-5-8/h15-16H,7-14H2,1-6H3;8,10H,3-7H2,1-2H3. The van der Waals surface area contributed by atoms with Gasteiger partial charge in [0.2, 0.25) is 0 Å². The van der Waals surface area contributed by atoms with Gasteiger partial charge in [0.25, 0.3) is 0 Å². The summed E-state index contributed by atoms with van der Waals surface area (Å²) in [5.41, 5.74) is 1.56. The van der Waals surface area contributed by atoms with E-state index in [9.17, 15) is 0 Å². The summed E-state index contributed by atoms with van der Waals surface area (Å²) in [6.07, 6.45) is 17.3. The monoisotopic (exact) mass is 422 g/mol. The van der Waals surface area contributed by atoms with Gasteiger partial charge >= 0.3 is 0 Å². The topological polar surface area (TPSA) is 29.5 Å². The van der Waals surface area contributed by atoms with Crippen LogP contribution in [-0.4, -0.2) is 10.9 Å². The molecule has 0 amide bonds. The lowest BCUT2D eigenvalue weighted by molar-refractivity contribution is -0.326. The van der Waals surface area contributed by atoms with E-state index in [-0.39, 0.29) is 5.60 Å². The van der Waals surface area contributed by atoms with Crippen molar-refractivity contribution in [2.24, 2.45) is 34.0 Å². The molecule has 3 saturated carbocycles. The molecule has 0 aromatic rings. The van der Waals surface area contributed by atoms with Crippen LogP contribution in [0.25, 0.3) is 0 Å². The summed E-state index contributed by atoms with van der Waals surface area (Å²) in [5, 5.41) is 8.61. The Morgan fingerprint density at radius 3 is 1.37 bits per heavy atom. The molecule has 0 aromatic carbocycles. The fourth-order valence-corrected chi connectivity index (χ4v) is 6.41. The average Bonchev–Trinajstić information content (AvgIpc) is 2.68. The van der Waals surface area contributed by atoms with E-state index in [4.69, 9.17) is 5.26 Å². The van der Waals surface area contributed by atoms with Gasteiger partial charge in [-0.25, -0.2) is 4.89 Å². The fraction of sp³-hybridized carbons (Fsp3) is 1.00. The van der Waals surface area contributed by atoms with Crippen molar-refractivity contribution < 1.29 is 10.1 Å². The minimum atomic E-state index is -0.244. The normalized spacial score (nSPS) is 32.9. The first kappa shape index (κ1) is 26.2. The molecule has 2 nitrogen and oxygen atoms in total. The Labute approximate surface area is 188 Å². The molecule has 2 heteroatoms. The zero-order valence-corrected chi connectivity index (χ0v) is 21.8. The Morgan fingerprint density at radius 1 is 0.700 bits per heavy atom. The van der Waals surface area contributed by atoms with Gasteiger partial charge in [-0.1, -0.05) is 54.9 Å². The minimum Gasteiger partial charge on any atom is -0.251 e. The lowest BCUT2D eigenvalue weighted by Gasteiger charge is -2.49. The quantitative estimate of drug-likeness (QED) is 0.361. The molecule has 0 saturated heterocycles. The zero-order chi connectivity index (χ0) is 22.6. The van der Waals surface area contributed by atoms with Gasteiger partial charge in [0.15, 0.2) is 0 Å². The van der Waals surface area contributed by atoms with E-state index >= 15 is 0 Å². The Morgan fingerprint density at radius 2 is 1.07 bits per heavy atom. The summed E-state index contributed by atoms with van der Waals surface area (Å²) in [4.78, 5) is 4.47. The molecule has 0 atom stereocenters. The third-order valence-electron chi connectivity index (χ3n) is 9.74. The molecule has 3 rings (SSSR count). The van der Waals surface area contributed by atoms with E-state index in [0.29, 0.717) is 16.2 Å². The number of hydrogen-bond acceptors (Lipinski definition) is 2. The predicted molar refractivity (Wildman–Crippen MR) is 130 cm³/mol. The molecule has 0 aromatic heterocycles. The van der Waals surface area contributed by atoms with E-state index in [0.717, 1.165) is 30.6 Å². The van der Waals surface area contributed by atoms with Gasteiger partial charge < -0.3 is 0 Å². The fourth-order valence-electron chi connectivity index (χ4n) is 6.41. The molecular weight excluding hydrogens is 368 g/mol. The summed E-state index contributed by atoms with van der Waals surface area (Å²) >= 11 is 0. The van der Waals surface area contributed by atoms with Crippen molar-refractivity contribution in [3.63, 3.8) is 0 Å². The van der Waals surface area contributed by atoms with Gasteiger partial charge in [0.05, 0.1) is 0 Å². The summed E-state index contributed by atoms with van der Waals surface area (Å²) in [6, 6.07) is 0. The van der Waals surface area contributed by atoms with Gasteiger partial charge in [-0.05, 0) is 118 Å². The molecule has 3 aliphatic carbocycles. The first-order valence-electron chi connectivity index (χ1n) is 13.2.